The van der Waals surface area contributed by atoms with Crippen molar-refractivity contribution in [1.29, 1.82) is 0 Å². The largest absolute Gasteiger partial charge is 0.350 e. The molecule has 9 heteroatoms. The highest BCUT2D eigenvalue weighted by Crippen LogP contribution is 2.24. The zero-order valence-electron chi connectivity index (χ0n) is 17.8. The highest BCUT2D eigenvalue weighted by Gasteiger charge is 2.19. The average molecular weight is 457 g/mol. The molecule has 0 fully saturated rings. The lowest BCUT2D eigenvalue weighted by Gasteiger charge is -2.13. The van der Waals surface area contributed by atoms with E-state index in [9.17, 15) is 9.59 Å². The molecule has 0 atom stereocenters. The van der Waals surface area contributed by atoms with Crippen LogP contribution < -0.4 is 10.9 Å². The van der Waals surface area contributed by atoms with Gasteiger partial charge in [-0.25, -0.2) is 4.57 Å². The summed E-state index contributed by atoms with van der Waals surface area (Å²) in [6.07, 6.45) is 1.69. The van der Waals surface area contributed by atoms with Crippen molar-refractivity contribution in [3.8, 4) is 5.69 Å². The van der Waals surface area contributed by atoms with Gasteiger partial charge in [0.05, 0.1) is 34.6 Å². The third kappa shape index (κ3) is 3.98. The van der Waals surface area contributed by atoms with Gasteiger partial charge < -0.3 is 5.32 Å². The van der Waals surface area contributed by atoms with Crippen molar-refractivity contribution >= 4 is 34.3 Å². The van der Waals surface area contributed by atoms with Gasteiger partial charge in [0, 0.05) is 6.20 Å². The fraction of sp³-hybridized carbons (Fsp3) is 0.125. The van der Waals surface area contributed by atoms with Gasteiger partial charge in [0.15, 0.2) is 5.16 Å². The number of nitrogens with one attached hydrogen (secondary N) is 1. The third-order valence-electron chi connectivity index (χ3n) is 5.28. The molecular formula is C24H20N6O2S. The summed E-state index contributed by atoms with van der Waals surface area (Å²) in [5, 5.41) is 12.6. The summed E-state index contributed by atoms with van der Waals surface area (Å²) in [7, 11) is 0. The number of rotatable bonds is 6. The van der Waals surface area contributed by atoms with Gasteiger partial charge in [-0.1, -0.05) is 48.2 Å². The summed E-state index contributed by atoms with van der Waals surface area (Å²) in [6, 6.07) is 20.6. The van der Waals surface area contributed by atoms with Gasteiger partial charge in [-0.15, -0.1) is 10.2 Å². The highest BCUT2D eigenvalue weighted by molar-refractivity contribution is 7.99. The number of hydrogen-bond donors (Lipinski definition) is 1. The van der Waals surface area contributed by atoms with Crippen LogP contribution >= 0.6 is 11.8 Å². The molecule has 2 aromatic carbocycles. The number of para-hydroxylation sites is 2. The van der Waals surface area contributed by atoms with E-state index in [4.69, 9.17) is 0 Å². The summed E-state index contributed by atoms with van der Waals surface area (Å²) in [4.78, 5) is 30.0. The van der Waals surface area contributed by atoms with Gasteiger partial charge in [-0.3, -0.25) is 19.0 Å². The van der Waals surface area contributed by atoms with Crippen molar-refractivity contribution < 1.29 is 4.79 Å². The maximum absolute atomic E-state index is 13.4. The molecule has 1 amide bonds. The van der Waals surface area contributed by atoms with Crippen LogP contribution in [-0.2, 0) is 11.3 Å². The second kappa shape index (κ2) is 8.87. The van der Waals surface area contributed by atoms with Crippen LogP contribution in [0.15, 0.2) is 82.9 Å². The molecule has 0 spiro atoms. The van der Waals surface area contributed by atoms with E-state index in [2.05, 4.69) is 20.5 Å². The van der Waals surface area contributed by atoms with Gasteiger partial charge in [0.25, 0.3) is 5.56 Å². The monoisotopic (exact) mass is 456 g/mol. The number of fused-ring (bicyclic) bond motifs is 3. The van der Waals surface area contributed by atoms with E-state index in [0.29, 0.717) is 28.4 Å². The molecule has 0 bridgehead atoms. The molecule has 1 N–H and O–H groups in total. The van der Waals surface area contributed by atoms with Crippen molar-refractivity contribution in [1.82, 2.24) is 29.5 Å². The summed E-state index contributed by atoms with van der Waals surface area (Å²) >= 11 is 1.27. The summed E-state index contributed by atoms with van der Waals surface area (Å²) in [5.74, 6) is 0.425. The van der Waals surface area contributed by atoms with E-state index in [0.717, 1.165) is 16.9 Å². The molecule has 0 aliphatic rings. The van der Waals surface area contributed by atoms with Crippen LogP contribution in [0, 0.1) is 6.92 Å². The number of benzene rings is 2. The Morgan fingerprint density at radius 2 is 1.79 bits per heavy atom. The molecular weight excluding hydrogens is 436 g/mol. The highest BCUT2D eigenvalue weighted by atomic mass is 32.2. The Morgan fingerprint density at radius 3 is 2.61 bits per heavy atom. The SMILES string of the molecule is Cc1ccccc1-n1c(=O)c2ccccc2n2c(SCC(=O)NCc3ccccn3)nnc12. The molecule has 3 aromatic heterocycles. The molecule has 0 radical (unpaired) electrons. The Morgan fingerprint density at radius 1 is 1.00 bits per heavy atom. The Kier molecular flexibility index (Phi) is 5.62. The number of pyridine rings is 1. The Labute approximate surface area is 193 Å². The Bertz CT molecular complexity index is 1530. The zero-order valence-corrected chi connectivity index (χ0v) is 18.6. The predicted molar refractivity (Wildman–Crippen MR) is 128 cm³/mol. The number of carbonyl (C=O) groups excluding carboxylic acids is 1. The summed E-state index contributed by atoms with van der Waals surface area (Å²) in [6.45, 7) is 2.31. The van der Waals surface area contributed by atoms with E-state index in [1.165, 1.54) is 11.8 Å². The number of aromatic nitrogens is 5. The van der Waals surface area contributed by atoms with Crippen molar-refractivity contribution in [2.24, 2.45) is 0 Å². The zero-order chi connectivity index (χ0) is 22.8. The fourth-order valence-corrected chi connectivity index (χ4v) is 4.45. The van der Waals surface area contributed by atoms with Crippen LogP contribution in [0.5, 0.6) is 0 Å². The minimum Gasteiger partial charge on any atom is -0.350 e. The number of thioether (sulfide) groups is 1. The van der Waals surface area contributed by atoms with E-state index in [1.807, 2.05) is 72.0 Å². The molecule has 5 rings (SSSR count). The second-order valence-corrected chi connectivity index (χ2v) is 8.39. The first-order chi connectivity index (χ1) is 16.1. The summed E-state index contributed by atoms with van der Waals surface area (Å²) in [5.41, 5.74) is 3.02. The van der Waals surface area contributed by atoms with Crippen molar-refractivity contribution in [2.75, 3.05) is 5.75 Å². The maximum Gasteiger partial charge on any atom is 0.267 e. The Balaban J connectivity index is 1.51. The smallest absolute Gasteiger partial charge is 0.267 e. The van der Waals surface area contributed by atoms with Crippen molar-refractivity contribution in [2.45, 2.75) is 18.6 Å². The number of carbonyl (C=O) groups is 1. The lowest BCUT2D eigenvalue weighted by atomic mass is 10.2. The van der Waals surface area contributed by atoms with Gasteiger partial charge in [0.2, 0.25) is 11.7 Å². The number of hydrogen-bond acceptors (Lipinski definition) is 6. The van der Waals surface area contributed by atoms with Crippen molar-refractivity contribution in [3.63, 3.8) is 0 Å². The lowest BCUT2D eigenvalue weighted by molar-refractivity contribution is -0.118. The number of nitrogens with zero attached hydrogens (tertiary/aromatic N) is 5. The summed E-state index contributed by atoms with van der Waals surface area (Å²) < 4.78 is 3.41. The predicted octanol–water partition coefficient (Wildman–Crippen LogP) is 3.15. The maximum atomic E-state index is 13.4. The van der Waals surface area contributed by atoms with Crippen LogP contribution in [0.3, 0.4) is 0 Å². The number of amides is 1. The molecule has 0 aliphatic carbocycles. The van der Waals surface area contributed by atoms with Gasteiger partial charge in [-0.2, -0.15) is 0 Å². The lowest BCUT2D eigenvalue weighted by Crippen LogP contribution is -2.25. The molecule has 3 heterocycles. The molecule has 5 aromatic rings. The molecule has 33 heavy (non-hydrogen) atoms. The van der Waals surface area contributed by atoms with E-state index in [1.54, 1.807) is 16.8 Å². The van der Waals surface area contributed by atoms with Gasteiger partial charge in [-0.05, 0) is 42.8 Å². The van der Waals surface area contributed by atoms with Crippen LogP contribution in [-0.4, -0.2) is 35.8 Å². The second-order valence-electron chi connectivity index (χ2n) is 7.45. The van der Waals surface area contributed by atoms with Crippen LogP contribution in [0.2, 0.25) is 0 Å². The normalized spacial score (nSPS) is 11.2. The van der Waals surface area contributed by atoms with Crippen LogP contribution in [0.4, 0.5) is 0 Å². The standard InChI is InChI=1S/C24H20N6O2S/c1-16-8-2-4-11-19(16)29-22(32)18-10-3-5-12-20(18)30-23(29)27-28-24(30)33-15-21(31)26-14-17-9-6-7-13-25-17/h2-13H,14-15H2,1H3,(H,26,31). The van der Waals surface area contributed by atoms with Gasteiger partial charge >= 0.3 is 0 Å². The molecule has 0 saturated heterocycles. The topological polar surface area (TPSA) is 94.2 Å². The number of aryl methyl sites for hydroxylation is 1. The fourth-order valence-electron chi connectivity index (χ4n) is 3.68. The minimum absolute atomic E-state index is 0.140. The molecule has 8 nitrogen and oxygen atoms in total. The first-order valence-corrected chi connectivity index (χ1v) is 11.4. The quantitative estimate of drug-likeness (QED) is 0.395. The van der Waals surface area contributed by atoms with Crippen LogP contribution in [0.25, 0.3) is 22.4 Å². The molecule has 0 unspecified atom stereocenters. The molecule has 164 valence electrons. The minimum atomic E-state index is -0.163. The molecule has 0 aliphatic heterocycles. The van der Waals surface area contributed by atoms with E-state index < -0.39 is 0 Å². The third-order valence-corrected chi connectivity index (χ3v) is 6.21. The van der Waals surface area contributed by atoms with E-state index in [-0.39, 0.29) is 17.2 Å². The van der Waals surface area contributed by atoms with Crippen molar-refractivity contribution in [3.05, 3.63) is 94.5 Å². The van der Waals surface area contributed by atoms with Gasteiger partial charge in [0.1, 0.15) is 0 Å². The molecule has 0 saturated carbocycles. The first kappa shape index (κ1) is 20.9. The van der Waals surface area contributed by atoms with E-state index >= 15 is 0 Å². The average Bonchev–Trinajstić information content (AvgIpc) is 3.27. The van der Waals surface area contributed by atoms with Crippen LogP contribution in [0.1, 0.15) is 11.3 Å². The Hall–Kier alpha value is -3.98. The first-order valence-electron chi connectivity index (χ1n) is 10.4.